The van der Waals surface area contributed by atoms with Crippen LogP contribution in [-0.2, 0) is 27.1 Å². The molecule has 0 heterocycles. The third kappa shape index (κ3) is 10.3. The quantitative estimate of drug-likeness (QED) is 0.154. The summed E-state index contributed by atoms with van der Waals surface area (Å²) in [6.45, 7) is 29.2. The summed E-state index contributed by atoms with van der Waals surface area (Å²) in [5.41, 5.74) is 21.3. The van der Waals surface area contributed by atoms with E-state index in [0.29, 0.717) is 0 Å². The van der Waals surface area contributed by atoms with Crippen molar-refractivity contribution in [3.8, 4) is 33.4 Å². The second kappa shape index (κ2) is 19.6. The lowest BCUT2D eigenvalue weighted by Crippen LogP contribution is -2.26. The largest absolute Gasteiger partial charge is 0.0725 e. The van der Waals surface area contributed by atoms with E-state index in [-0.39, 0.29) is 27.1 Å². The number of hydrogen-bond donors (Lipinski definition) is 0. The van der Waals surface area contributed by atoms with Crippen LogP contribution in [0, 0.1) is 6.92 Å². The zero-order valence-electron chi connectivity index (χ0n) is 44.2. The minimum absolute atomic E-state index is 0.114. The normalized spacial score (nSPS) is 13.0. The van der Waals surface area contributed by atoms with Gasteiger partial charge in [-0.25, -0.2) is 0 Å². The monoisotopic (exact) mass is 915 g/mol. The molecule has 11 rings (SSSR count). The molecule has 0 amide bonds. The fraction of sp³-hybridized carbons (Fsp3) is 0.257. The number of hydrogen-bond acceptors (Lipinski definition) is 0. The molecule has 0 heteroatoms. The Bertz CT molecular complexity index is 3160. The van der Waals surface area contributed by atoms with E-state index >= 15 is 0 Å². The Labute approximate surface area is 421 Å². The van der Waals surface area contributed by atoms with Gasteiger partial charge in [-0.05, 0) is 117 Å². The summed E-state index contributed by atoms with van der Waals surface area (Å²) >= 11 is 0. The number of aryl methyl sites for hydroxylation is 1. The third-order valence-electron chi connectivity index (χ3n) is 14.2. The standard InChI is InChI=1S/C29H24.C16H18.C14H16.C11H16/c1-28(2,3)19-16-17-23-22-12-6-9-15-26(22)29(27(23)18-19)24-13-7-4-10-20(24)21-11-5-8-14-25(21)29;1-16(2,3)15-11-9-14(10-12-15)13-7-5-4-6-8-13;1-14(2,3)13-9-8-11-6-4-5-7-12(11)10-13;1-9-6-5-7-10(8-9)11(2,3)4/h4-18H,1-3H3;4-12H,1-3H3;4-10H,1-3H3;5-8H,1-4H3. The second-order valence-electron chi connectivity index (χ2n) is 23.5. The first-order valence-electron chi connectivity index (χ1n) is 25.3. The molecule has 0 saturated heterocycles. The fourth-order valence-corrected chi connectivity index (χ4v) is 10.1. The summed E-state index contributed by atoms with van der Waals surface area (Å²) in [6.07, 6.45) is 0. The van der Waals surface area contributed by atoms with Crippen molar-refractivity contribution in [1.82, 2.24) is 0 Å². The van der Waals surface area contributed by atoms with Gasteiger partial charge in [0.1, 0.15) is 0 Å². The van der Waals surface area contributed by atoms with E-state index < -0.39 is 0 Å². The van der Waals surface area contributed by atoms with Crippen LogP contribution < -0.4 is 0 Å². The Balaban J connectivity index is 0.000000137. The van der Waals surface area contributed by atoms with Crippen LogP contribution in [0.15, 0.2) is 212 Å². The first kappa shape index (κ1) is 49.7. The molecule has 2 aliphatic rings. The van der Waals surface area contributed by atoms with Crippen LogP contribution in [0.1, 0.15) is 133 Å². The molecule has 2 aliphatic carbocycles. The summed E-state index contributed by atoms with van der Waals surface area (Å²) in [4.78, 5) is 0. The van der Waals surface area contributed by atoms with Crippen LogP contribution in [0.5, 0.6) is 0 Å². The molecule has 70 heavy (non-hydrogen) atoms. The highest BCUT2D eigenvalue weighted by Gasteiger charge is 2.51. The van der Waals surface area contributed by atoms with Crippen LogP contribution in [-0.4, -0.2) is 0 Å². The van der Waals surface area contributed by atoms with Gasteiger partial charge in [-0.15, -0.1) is 0 Å². The molecule has 0 saturated carbocycles. The van der Waals surface area contributed by atoms with E-state index in [1.54, 1.807) is 0 Å². The Kier molecular flexibility index (Phi) is 13.9. The predicted octanol–water partition coefficient (Wildman–Crippen LogP) is 19.4. The van der Waals surface area contributed by atoms with Gasteiger partial charge >= 0.3 is 0 Å². The van der Waals surface area contributed by atoms with Gasteiger partial charge in [-0.2, -0.15) is 0 Å². The maximum atomic E-state index is 2.48. The Morgan fingerprint density at radius 1 is 0.257 bits per heavy atom. The number of fused-ring (bicyclic) bond motifs is 11. The first-order valence-corrected chi connectivity index (χ1v) is 25.3. The van der Waals surface area contributed by atoms with Gasteiger partial charge < -0.3 is 0 Å². The van der Waals surface area contributed by atoms with Crippen molar-refractivity contribution in [2.24, 2.45) is 0 Å². The van der Waals surface area contributed by atoms with Crippen molar-refractivity contribution >= 4 is 10.8 Å². The Hall–Kier alpha value is -6.76. The summed E-state index contributed by atoms with van der Waals surface area (Å²) in [7, 11) is 0. The van der Waals surface area contributed by atoms with Gasteiger partial charge in [-0.3, -0.25) is 0 Å². The van der Waals surface area contributed by atoms with Gasteiger partial charge in [0.05, 0.1) is 5.41 Å². The van der Waals surface area contributed by atoms with Gasteiger partial charge in [0.15, 0.2) is 0 Å². The van der Waals surface area contributed by atoms with Gasteiger partial charge in [0.25, 0.3) is 0 Å². The minimum atomic E-state index is -0.222. The van der Waals surface area contributed by atoms with Crippen molar-refractivity contribution in [3.05, 3.63) is 262 Å². The molecule has 0 aromatic heterocycles. The van der Waals surface area contributed by atoms with Crippen LogP contribution in [0.3, 0.4) is 0 Å². The van der Waals surface area contributed by atoms with Gasteiger partial charge in [0.2, 0.25) is 0 Å². The highest BCUT2D eigenvalue weighted by atomic mass is 14.5. The molecule has 354 valence electrons. The molecule has 0 nitrogen and oxygen atoms in total. The van der Waals surface area contributed by atoms with Crippen molar-refractivity contribution in [3.63, 3.8) is 0 Å². The van der Waals surface area contributed by atoms with Gasteiger partial charge in [-0.1, -0.05) is 301 Å². The lowest BCUT2D eigenvalue weighted by Gasteiger charge is -2.31. The predicted molar refractivity (Wildman–Crippen MR) is 305 cm³/mol. The van der Waals surface area contributed by atoms with Crippen molar-refractivity contribution < 1.29 is 0 Å². The molecule has 0 fully saturated rings. The lowest BCUT2D eigenvalue weighted by molar-refractivity contribution is 0.588. The summed E-state index contributed by atoms with van der Waals surface area (Å²) in [6, 6.07) is 77.4. The van der Waals surface area contributed by atoms with Gasteiger partial charge in [0, 0.05) is 0 Å². The van der Waals surface area contributed by atoms with E-state index in [1.807, 2.05) is 6.07 Å². The molecular weight excluding hydrogens is 841 g/mol. The number of benzene rings is 9. The molecule has 0 N–H and O–H groups in total. The molecule has 9 aromatic carbocycles. The average molecular weight is 915 g/mol. The van der Waals surface area contributed by atoms with E-state index in [4.69, 9.17) is 0 Å². The molecule has 9 aromatic rings. The molecule has 0 unspecified atom stereocenters. The summed E-state index contributed by atoms with van der Waals surface area (Å²) in [5, 5.41) is 2.65. The van der Waals surface area contributed by atoms with Crippen molar-refractivity contribution in [2.75, 3.05) is 0 Å². The maximum absolute atomic E-state index is 2.48. The van der Waals surface area contributed by atoms with E-state index in [0.717, 1.165) is 0 Å². The smallest absolute Gasteiger partial charge is 0.0622 e. The molecular formula is C70H74. The second-order valence-corrected chi connectivity index (χ2v) is 23.5. The molecule has 0 atom stereocenters. The van der Waals surface area contributed by atoms with Crippen molar-refractivity contribution in [1.29, 1.82) is 0 Å². The summed E-state index contributed by atoms with van der Waals surface area (Å²) < 4.78 is 0. The van der Waals surface area contributed by atoms with E-state index in [2.05, 4.69) is 296 Å². The zero-order chi connectivity index (χ0) is 50.1. The maximum Gasteiger partial charge on any atom is 0.0725 e. The van der Waals surface area contributed by atoms with Crippen LogP contribution in [0.25, 0.3) is 44.2 Å². The molecule has 0 bridgehead atoms. The Morgan fingerprint density at radius 3 is 1.13 bits per heavy atom. The summed E-state index contributed by atoms with van der Waals surface area (Å²) in [5.74, 6) is 0. The fourth-order valence-electron chi connectivity index (χ4n) is 10.1. The Morgan fingerprint density at radius 2 is 0.643 bits per heavy atom. The minimum Gasteiger partial charge on any atom is -0.0622 e. The molecule has 1 spiro atoms. The highest BCUT2D eigenvalue weighted by molar-refractivity contribution is 5.95. The zero-order valence-corrected chi connectivity index (χ0v) is 44.2. The van der Waals surface area contributed by atoms with E-state index in [1.165, 1.54) is 94.2 Å². The molecule has 0 radical (unpaired) electrons. The third-order valence-corrected chi connectivity index (χ3v) is 14.2. The average Bonchev–Trinajstić information content (AvgIpc) is 3.81. The van der Waals surface area contributed by atoms with Crippen LogP contribution in [0.4, 0.5) is 0 Å². The SMILES string of the molecule is CC(C)(C)c1ccc(-c2ccccc2)cc1.CC(C)(C)c1ccc2c(c1)C1(c3ccccc3-c3ccccc31)c1ccccc1-2.CC(C)(C)c1ccc2ccccc2c1.Cc1cccc(C(C)(C)C)c1. The van der Waals surface area contributed by atoms with Crippen molar-refractivity contribution in [2.45, 2.75) is 117 Å². The topological polar surface area (TPSA) is 0 Å². The molecule has 0 aliphatic heterocycles. The van der Waals surface area contributed by atoms with E-state index in [9.17, 15) is 0 Å². The number of rotatable bonds is 1. The first-order chi connectivity index (χ1) is 33.2. The highest BCUT2D eigenvalue weighted by Crippen LogP contribution is 2.63. The van der Waals surface area contributed by atoms with Crippen LogP contribution >= 0.6 is 0 Å². The lowest BCUT2D eigenvalue weighted by atomic mass is 9.69. The van der Waals surface area contributed by atoms with Crippen LogP contribution in [0.2, 0.25) is 0 Å².